The Kier molecular flexibility index (Phi) is 4.93. The fraction of sp³-hybridized carbons (Fsp3) is 0.294. The minimum atomic E-state index is 0.0539. The molecule has 0 unspecified atom stereocenters. The van der Waals surface area contributed by atoms with E-state index in [9.17, 15) is 0 Å². The molecular formula is C17H21NO3. The molecule has 0 saturated carbocycles. The number of benzene rings is 2. The summed E-state index contributed by atoms with van der Waals surface area (Å²) in [5.74, 6) is 2.50. The van der Waals surface area contributed by atoms with Crippen molar-refractivity contribution in [3.05, 3.63) is 42.5 Å². The Balaban J connectivity index is 2.28. The average Bonchev–Trinajstić information content (AvgIpc) is 2.45. The summed E-state index contributed by atoms with van der Waals surface area (Å²) in [6.45, 7) is 6.42. The van der Waals surface area contributed by atoms with Crippen molar-refractivity contribution in [2.45, 2.75) is 26.9 Å². The number of anilines is 1. The second-order valence-corrected chi connectivity index (χ2v) is 4.82. The molecule has 4 heteroatoms. The number of para-hydroxylation sites is 3. The molecule has 2 aromatic carbocycles. The van der Waals surface area contributed by atoms with Gasteiger partial charge in [0.15, 0.2) is 17.2 Å². The number of nitrogens with two attached hydrogens (primary N) is 1. The molecule has 0 aromatic heterocycles. The summed E-state index contributed by atoms with van der Waals surface area (Å²) in [7, 11) is 0. The summed E-state index contributed by atoms with van der Waals surface area (Å²) in [5.41, 5.74) is 6.60. The second kappa shape index (κ2) is 6.88. The number of nitrogen functional groups attached to an aromatic ring is 1. The van der Waals surface area contributed by atoms with E-state index < -0.39 is 0 Å². The highest BCUT2D eigenvalue weighted by molar-refractivity contribution is 5.64. The van der Waals surface area contributed by atoms with Crippen molar-refractivity contribution < 1.29 is 14.2 Å². The molecule has 2 N–H and O–H groups in total. The van der Waals surface area contributed by atoms with Crippen LogP contribution in [-0.4, -0.2) is 12.7 Å². The summed E-state index contributed by atoms with van der Waals surface area (Å²) in [6, 6.07) is 13.0. The molecule has 0 aliphatic carbocycles. The van der Waals surface area contributed by atoms with E-state index in [4.69, 9.17) is 19.9 Å². The fourth-order valence-corrected chi connectivity index (χ4v) is 1.90. The van der Waals surface area contributed by atoms with Gasteiger partial charge in [0, 0.05) is 0 Å². The van der Waals surface area contributed by atoms with Crippen LogP contribution < -0.4 is 19.9 Å². The number of rotatable bonds is 6. The Morgan fingerprint density at radius 2 is 1.52 bits per heavy atom. The molecule has 0 atom stereocenters. The smallest absolute Gasteiger partial charge is 0.169 e. The number of ether oxygens (including phenoxy) is 3. The monoisotopic (exact) mass is 287 g/mol. The zero-order valence-corrected chi connectivity index (χ0v) is 12.6. The van der Waals surface area contributed by atoms with Crippen LogP contribution in [0.15, 0.2) is 42.5 Å². The SMILES string of the molecule is CCOc1ccccc1Oc1cccc(OC(C)C)c1N. The minimum absolute atomic E-state index is 0.0539. The maximum atomic E-state index is 6.11. The van der Waals surface area contributed by atoms with Gasteiger partial charge in [0.1, 0.15) is 11.4 Å². The molecule has 0 bridgehead atoms. The molecule has 0 amide bonds. The van der Waals surface area contributed by atoms with Crippen LogP contribution in [0.3, 0.4) is 0 Å². The lowest BCUT2D eigenvalue weighted by Gasteiger charge is -2.16. The number of hydrogen-bond donors (Lipinski definition) is 1. The Bertz CT molecular complexity index is 596. The van der Waals surface area contributed by atoms with E-state index in [-0.39, 0.29) is 6.10 Å². The van der Waals surface area contributed by atoms with E-state index in [0.717, 1.165) is 0 Å². The summed E-state index contributed by atoms with van der Waals surface area (Å²) in [6.07, 6.45) is 0.0539. The Labute approximate surface area is 125 Å². The zero-order chi connectivity index (χ0) is 15.2. The fourth-order valence-electron chi connectivity index (χ4n) is 1.90. The van der Waals surface area contributed by atoms with Crippen molar-refractivity contribution in [1.29, 1.82) is 0 Å². The van der Waals surface area contributed by atoms with Gasteiger partial charge in [-0.3, -0.25) is 0 Å². The van der Waals surface area contributed by atoms with E-state index in [0.29, 0.717) is 35.3 Å². The van der Waals surface area contributed by atoms with Gasteiger partial charge in [-0.15, -0.1) is 0 Å². The van der Waals surface area contributed by atoms with Crippen molar-refractivity contribution in [2.75, 3.05) is 12.3 Å². The van der Waals surface area contributed by atoms with Crippen molar-refractivity contribution in [3.8, 4) is 23.0 Å². The zero-order valence-electron chi connectivity index (χ0n) is 12.6. The molecule has 0 aliphatic heterocycles. The van der Waals surface area contributed by atoms with E-state index in [1.165, 1.54) is 0 Å². The highest BCUT2D eigenvalue weighted by atomic mass is 16.5. The molecule has 4 nitrogen and oxygen atoms in total. The molecule has 0 fully saturated rings. The summed E-state index contributed by atoms with van der Waals surface area (Å²) >= 11 is 0. The van der Waals surface area contributed by atoms with Crippen LogP contribution in [0.25, 0.3) is 0 Å². The van der Waals surface area contributed by atoms with Crippen molar-refractivity contribution >= 4 is 5.69 Å². The van der Waals surface area contributed by atoms with Gasteiger partial charge in [0.2, 0.25) is 0 Å². The molecule has 21 heavy (non-hydrogen) atoms. The van der Waals surface area contributed by atoms with Crippen molar-refractivity contribution in [2.24, 2.45) is 0 Å². The van der Waals surface area contributed by atoms with Crippen LogP contribution in [0.4, 0.5) is 5.69 Å². The highest BCUT2D eigenvalue weighted by Crippen LogP contribution is 2.38. The van der Waals surface area contributed by atoms with Gasteiger partial charge in [0.05, 0.1) is 12.7 Å². The number of hydrogen-bond acceptors (Lipinski definition) is 4. The molecular weight excluding hydrogens is 266 g/mol. The first-order valence-corrected chi connectivity index (χ1v) is 7.06. The minimum Gasteiger partial charge on any atom is -0.490 e. The molecule has 0 heterocycles. The summed E-state index contributed by atoms with van der Waals surface area (Å²) in [4.78, 5) is 0. The van der Waals surface area contributed by atoms with Crippen LogP contribution in [0, 0.1) is 0 Å². The lowest BCUT2D eigenvalue weighted by molar-refractivity contribution is 0.243. The molecule has 0 aliphatic rings. The van der Waals surface area contributed by atoms with E-state index >= 15 is 0 Å². The predicted molar refractivity (Wildman–Crippen MR) is 84.3 cm³/mol. The van der Waals surface area contributed by atoms with E-state index in [1.807, 2.05) is 63.2 Å². The maximum Gasteiger partial charge on any atom is 0.169 e. The van der Waals surface area contributed by atoms with Crippen LogP contribution >= 0.6 is 0 Å². The predicted octanol–water partition coefficient (Wildman–Crippen LogP) is 4.25. The van der Waals surface area contributed by atoms with Crippen LogP contribution in [0.2, 0.25) is 0 Å². The molecule has 0 saturated heterocycles. The van der Waals surface area contributed by atoms with Gasteiger partial charge in [-0.2, -0.15) is 0 Å². The van der Waals surface area contributed by atoms with Crippen LogP contribution in [0.5, 0.6) is 23.0 Å². The normalized spacial score (nSPS) is 10.5. The molecule has 2 rings (SSSR count). The quantitative estimate of drug-likeness (QED) is 0.807. The second-order valence-electron chi connectivity index (χ2n) is 4.82. The Morgan fingerprint density at radius 3 is 2.19 bits per heavy atom. The summed E-state index contributed by atoms with van der Waals surface area (Å²) in [5, 5.41) is 0. The highest BCUT2D eigenvalue weighted by Gasteiger charge is 2.11. The van der Waals surface area contributed by atoms with Gasteiger partial charge >= 0.3 is 0 Å². The summed E-state index contributed by atoms with van der Waals surface area (Å²) < 4.78 is 17.1. The van der Waals surface area contributed by atoms with Gasteiger partial charge in [-0.1, -0.05) is 18.2 Å². The van der Waals surface area contributed by atoms with Gasteiger partial charge in [-0.25, -0.2) is 0 Å². The standard InChI is InChI=1S/C17H21NO3/c1-4-19-13-8-5-6-9-14(13)21-16-11-7-10-15(17(16)18)20-12(2)3/h5-12H,4,18H2,1-3H3. The molecule has 112 valence electrons. The molecule has 0 radical (unpaired) electrons. The first kappa shape index (κ1) is 15.0. The molecule has 0 spiro atoms. The average molecular weight is 287 g/mol. The topological polar surface area (TPSA) is 53.7 Å². The Hall–Kier alpha value is -2.36. The third kappa shape index (κ3) is 3.81. The third-order valence-corrected chi connectivity index (χ3v) is 2.76. The van der Waals surface area contributed by atoms with Crippen molar-refractivity contribution in [1.82, 2.24) is 0 Å². The lowest BCUT2D eigenvalue weighted by Crippen LogP contribution is -2.08. The van der Waals surface area contributed by atoms with Gasteiger partial charge in [-0.05, 0) is 45.0 Å². The van der Waals surface area contributed by atoms with E-state index in [2.05, 4.69) is 0 Å². The van der Waals surface area contributed by atoms with Crippen LogP contribution in [0.1, 0.15) is 20.8 Å². The van der Waals surface area contributed by atoms with Gasteiger partial charge in [0.25, 0.3) is 0 Å². The largest absolute Gasteiger partial charge is 0.490 e. The first-order valence-electron chi connectivity index (χ1n) is 7.06. The molecule has 2 aromatic rings. The van der Waals surface area contributed by atoms with E-state index in [1.54, 1.807) is 0 Å². The van der Waals surface area contributed by atoms with Crippen molar-refractivity contribution in [3.63, 3.8) is 0 Å². The Morgan fingerprint density at radius 1 is 0.905 bits per heavy atom. The maximum absolute atomic E-state index is 6.11. The van der Waals surface area contributed by atoms with Crippen LogP contribution in [-0.2, 0) is 0 Å². The van der Waals surface area contributed by atoms with Gasteiger partial charge < -0.3 is 19.9 Å². The first-order chi connectivity index (χ1) is 10.1. The third-order valence-electron chi connectivity index (χ3n) is 2.76. The lowest BCUT2D eigenvalue weighted by atomic mass is 10.2.